The Morgan fingerprint density at radius 3 is 1.58 bits per heavy atom. The molecule has 0 fully saturated rings. The maximum absolute atomic E-state index is 10.3. The molecule has 0 saturated heterocycles. The molecular formula is C25H50N2O5S. The molecule has 7 nitrogen and oxygen atoms in total. The quantitative estimate of drug-likeness (QED) is 0.0839. The van der Waals surface area contributed by atoms with Crippen molar-refractivity contribution in [3.05, 3.63) is 12.4 Å². The van der Waals surface area contributed by atoms with Crippen LogP contribution in [-0.4, -0.2) is 41.8 Å². The molecule has 0 aliphatic carbocycles. The normalized spacial score (nSPS) is 17.7. The number of aliphatic imine (C=N–C) groups is 1. The molecule has 0 aromatic heterocycles. The van der Waals surface area contributed by atoms with Crippen LogP contribution >= 0.6 is 0 Å². The molecule has 1 atom stereocenters. The largest absolute Gasteiger partial charge is 0.726 e. The molecule has 1 heterocycles. The highest BCUT2D eigenvalue weighted by Gasteiger charge is 2.31. The zero-order chi connectivity index (χ0) is 24.8. The smallest absolute Gasteiger partial charge is 0.240 e. The molecule has 1 aliphatic rings. The van der Waals surface area contributed by atoms with Gasteiger partial charge in [-0.15, -0.1) is 4.65 Å². The summed E-state index contributed by atoms with van der Waals surface area (Å²) in [7, 11) is -4.42. The third kappa shape index (κ3) is 19.2. The number of hydroxylamine groups is 3. The first-order valence-corrected chi connectivity index (χ1v) is 14.6. The van der Waals surface area contributed by atoms with Gasteiger partial charge in [0, 0.05) is 6.42 Å². The van der Waals surface area contributed by atoms with Crippen LogP contribution in [0.1, 0.15) is 130 Å². The molecule has 1 rings (SSSR count). The Morgan fingerprint density at radius 2 is 1.24 bits per heavy atom. The van der Waals surface area contributed by atoms with E-state index in [1.807, 2.05) is 6.92 Å². The molecule has 8 heteroatoms. The minimum atomic E-state index is -4.42. The highest BCUT2D eigenvalue weighted by atomic mass is 32.3. The zero-order valence-corrected chi connectivity index (χ0v) is 22.3. The Labute approximate surface area is 203 Å². The summed E-state index contributed by atoms with van der Waals surface area (Å²) in [4.78, 5) is 4.33. The summed E-state index contributed by atoms with van der Waals surface area (Å²) >= 11 is 0. The van der Waals surface area contributed by atoms with E-state index in [2.05, 4.69) is 16.1 Å². The fourth-order valence-electron chi connectivity index (χ4n) is 3.94. The van der Waals surface area contributed by atoms with Gasteiger partial charge in [-0.25, -0.2) is 18.6 Å². The molecule has 0 amide bonds. The first kappa shape index (κ1) is 32.2. The molecule has 0 aromatic rings. The van der Waals surface area contributed by atoms with Gasteiger partial charge in [0.05, 0.1) is 12.8 Å². The Kier molecular flexibility index (Phi) is 20.1. The Morgan fingerprint density at radius 1 is 0.818 bits per heavy atom. The number of hydrogen-bond donors (Lipinski definition) is 1. The van der Waals surface area contributed by atoms with Crippen molar-refractivity contribution in [3.63, 3.8) is 0 Å². The summed E-state index contributed by atoms with van der Waals surface area (Å²) in [6.45, 7) is 6.30. The van der Waals surface area contributed by atoms with Crippen LogP contribution in [0.3, 0.4) is 0 Å². The average molecular weight is 491 g/mol. The van der Waals surface area contributed by atoms with E-state index in [4.69, 9.17) is 0 Å². The van der Waals surface area contributed by atoms with Gasteiger partial charge in [-0.05, 0) is 20.3 Å². The topological polar surface area (TPSA) is 99.0 Å². The second kappa shape index (κ2) is 20.6. The first-order chi connectivity index (χ1) is 15.8. The first-order valence-electron chi connectivity index (χ1n) is 13.2. The van der Waals surface area contributed by atoms with Gasteiger partial charge in [-0.1, -0.05) is 103 Å². The maximum Gasteiger partial charge on any atom is 0.240 e. The lowest BCUT2D eigenvalue weighted by Gasteiger charge is -2.21. The molecule has 0 bridgehead atoms. The Hall–Kier alpha value is -0.800. The number of quaternary nitrogens is 1. The Bertz CT molecular complexity index is 622. The number of hydrogen-bond acceptors (Lipinski definition) is 6. The number of nitrogens with zero attached hydrogens (tertiary/aromatic N) is 2. The van der Waals surface area contributed by atoms with Crippen LogP contribution in [0.25, 0.3) is 0 Å². The monoisotopic (exact) mass is 490 g/mol. The predicted octanol–water partition coefficient (Wildman–Crippen LogP) is 7.23. The zero-order valence-electron chi connectivity index (χ0n) is 21.5. The summed E-state index contributed by atoms with van der Waals surface area (Å²) in [6.07, 6.45) is 26.7. The third-order valence-corrected chi connectivity index (χ3v) is 6.51. The molecule has 1 N–H and O–H groups in total. The molecule has 0 aromatic carbocycles. The fraction of sp³-hybridized carbons (Fsp3) is 0.880. The summed E-state index contributed by atoms with van der Waals surface area (Å²) in [6, 6.07) is 0. The fourth-order valence-corrected chi connectivity index (χ4v) is 4.23. The van der Waals surface area contributed by atoms with E-state index in [0.29, 0.717) is 6.54 Å². The molecule has 196 valence electrons. The second-order valence-electron chi connectivity index (χ2n) is 8.85. The molecule has 0 radical (unpaired) electrons. The van der Waals surface area contributed by atoms with Crippen molar-refractivity contribution >= 4 is 16.2 Å². The van der Waals surface area contributed by atoms with E-state index in [9.17, 15) is 18.2 Å². The van der Waals surface area contributed by atoms with Gasteiger partial charge in [0.2, 0.25) is 16.2 Å². The molecule has 0 saturated carbocycles. The standard InChI is InChI=1S/C23H45N2O.C2H6O4S/c1-3-5-6-7-8-9-10-11-12-13-14-15-16-17-18-19-20-23-24-21-22-25(23,26)4-2;1-2-6-7(3,4)5/h21-22,26H,3-20H2,1-2H3;2H2,1H3,(H,3,4,5)/q+1;/p-1. The van der Waals surface area contributed by atoms with Crippen LogP contribution in [0.4, 0.5) is 0 Å². The Balaban J connectivity index is 0.00000126. The van der Waals surface area contributed by atoms with Crippen molar-refractivity contribution in [1.82, 2.24) is 0 Å². The van der Waals surface area contributed by atoms with Gasteiger partial charge in [0.25, 0.3) is 0 Å². The van der Waals surface area contributed by atoms with Crippen molar-refractivity contribution in [3.8, 4) is 0 Å². The van der Waals surface area contributed by atoms with Crippen molar-refractivity contribution in [2.75, 3.05) is 13.2 Å². The van der Waals surface area contributed by atoms with E-state index in [1.54, 1.807) is 12.4 Å². The second-order valence-corrected chi connectivity index (χ2v) is 9.91. The van der Waals surface area contributed by atoms with Gasteiger partial charge in [-0.2, -0.15) is 0 Å². The summed E-state index contributed by atoms with van der Waals surface area (Å²) in [5.74, 6) is 0.915. The summed E-state index contributed by atoms with van der Waals surface area (Å²) in [5.41, 5.74) is 0. The molecular weight excluding hydrogens is 440 g/mol. The SMILES string of the molecule is CCCCCCCCCCCCCCCCCCC1=NC=C[N+]1(O)CC.CCOS(=O)(=O)[O-]. The van der Waals surface area contributed by atoms with E-state index in [-0.39, 0.29) is 11.3 Å². The number of unbranched alkanes of at least 4 members (excludes halogenated alkanes) is 15. The molecule has 1 unspecified atom stereocenters. The van der Waals surface area contributed by atoms with Gasteiger partial charge in [0.1, 0.15) is 6.54 Å². The predicted molar refractivity (Wildman–Crippen MR) is 135 cm³/mol. The molecule has 0 spiro atoms. The van der Waals surface area contributed by atoms with Gasteiger partial charge in [-0.3, -0.25) is 4.18 Å². The van der Waals surface area contributed by atoms with Crippen LogP contribution in [0, 0.1) is 0 Å². The van der Waals surface area contributed by atoms with E-state index < -0.39 is 10.4 Å². The number of rotatable bonds is 20. The summed E-state index contributed by atoms with van der Waals surface area (Å²) < 4.78 is 31.9. The molecule has 33 heavy (non-hydrogen) atoms. The van der Waals surface area contributed by atoms with E-state index >= 15 is 0 Å². The van der Waals surface area contributed by atoms with Crippen LogP contribution in [-0.2, 0) is 14.6 Å². The van der Waals surface area contributed by atoms with Gasteiger partial charge < -0.3 is 4.55 Å². The van der Waals surface area contributed by atoms with Crippen LogP contribution < -0.4 is 0 Å². The van der Waals surface area contributed by atoms with Gasteiger partial charge in [0.15, 0.2) is 6.20 Å². The summed E-state index contributed by atoms with van der Waals surface area (Å²) in [5, 5.41) is 10.3. The minimum Gasteiger partial charge on any atom is -0.726 e. The highest BCUT2D eigenvalue weighted by Crippen LogP contribution is 2.18. The van der Waals surface area contributed by atoms with E-state index in [0.717, 1.165) is 18.7 Å². The maximum atomic E-state index is 10.3. The van der Waals surface area contributed by atoms with Crippen molar-refractivity contribution in [1.29, 1.82) is 0 Å². The van der Waals surface area contributed by atoms with E-state index in [1.165, 1.54) is 103 Å². The highest BCUT2D eigenvalue weighted by molar-refractivity contribution is 7.80. The molecule has 1 aliphatic heterocycles. The van der Waals surface area contributed by atoms with Crippen LogP contribution in [0.15, 0.2) is 17.4 Å². The van der Waals surface area contributed by atoms with Crippen LogP contribution in [0.5, 0.6) is 0 Å². The minimum absolute atomic E-state index is 0.0707. The lowest BCUT2D eigenvalue weighted by molar-refractivity contribution is -0.987. The lowest BCUT2D eigenvalue weighted by atomic mass is 10.0. The van der Waals surface area contributed by atoms with Crippen molar-refractivity contribution < 1.29 is 27.0 Å². The van der Waals surface area contributed by atoms with Crippen molar-refractivity contribution in [2.24, 2.45) is 4.99 Å². The van der Waals surface area contributed by atoms with Gasteiger partial charge >= 0.3 is 0 Å². The average Bonchev–Trinajstić information content (AvgIpc) is 3.14. The lowest BCUT2D eigenvalue weighted by Crippen LogP contribution is -2.42. The van der Waals surface area contributed by atoms with Crippen LogP contribution in [0.2, 0.25) is 0 Å². The number of amidine groups is 1. The van der Waals surface area contributed by atoms with Crippen molar-refractivity contribution in [2.45, 2.75) is 130 Å². The third-order valence-electron chi connectivity index (χ3n) is 5.98.